The van der Waals surface area contributed by atoms with Crippen LogP contribution in [0.4, 0.5) is 0 Å². The fourth-order valence-corrected chi connectivity index (χ4v) is 10.9. The lowest BCUT2D eigenvalue weighted by Crippen LogP contribution is -2.68. The third-order valence-corrected chi connectivity index (χ3v) is 13.0. The maximum absolute atomic E-state index is 12.4. The van der Waals surface area contributed by atoms with Crippen molar-refractivity contribution < 1.29 is 9.22 Å². The molecule has 2 aliphatic carbocycles. The van der Waals surface area contributed by atoms with Gasteiger partial charge < -0.3 is 4.43 Å². The largest absolute Gasteiger partial charge is 0.404 e. The molecular formula is C29H38O2Si. The molecule has 0 saturated heterocycles. The highest BCUT2D eigenvalue weighted by Crippen LogP contribution is 2.56. The average molecular weight is 447 g/mol. The summed E-state index contributed by atoms with van der Waals surface area (Å²) >= 11 is 0. The van der Waals surface area contributed by atoms with Crippen LogP contribution in [0.5, 0.6) is 0 Å². The lowest BCUT2D eigenvalue weighted by atomic mass is 9.72. The summed E-state index contributed by atoms with van der Waals surface area (Å²) in [5.74, 6) is 1.20. The zero-order valence-corrected chi connectivity index (χ0v) is 21.5. The van der Waals surface area contributed by atoms with Crippen LogP contribution >= 0.6 is 0 Å². The number of rotatable bonds is 5. The number of fused-ring (bicyclic) bond motifs is 1. The number of hydrogen-bond donors (Lipinski definition) is 0. The van der Waals surface area contributed by atoms with Crippen molar-refractivity contribution in [2.45, 2.75) is 71.9 Å². The van der Waals surface area contributed by atoms with Gasteiger partial charge >= 0.3 is 0 Å². The van der Waals surface area contributed by atoms with Crippen LogP contribution in [0.3, 0.4) is 0 Å². The summed E-state index contributed by atoms with van der Waals surface area (Å²) in [6, 6.07) is 21.8. The third-order valence-electron chi connectivity index (χ3n) is 7.99. The van der Waals surface area contributed by atoms with Gasteiger partial charge in [0, 0.05) is 11.8 Å². The van der Waals surface area contributed by atoms with E-state index >= 15 is 0 Å². The van der Waals surface area contributed by atoms with E-state index in [2.05, 4.69) is 102 Å². The van der Waals surface area contributed by atoms with Gasteiger partial charge in [0.15, 0.2) is 5.78 Å². The quantitative estimate of drug-likeness (QED) is 0.534. The normalized spacial score (nSPS) is 26.2. The fraction of sp³-hybridized carbons (Fsp3) is 0.483. The van der Waals surface area contributed by atoms with Crippen molar-refractivity contribution in [1.29, 1.82) is 0 Å². The Morgan fingerprint density at radius 1 is 0.969 bits per heavy atom. The molecule has 2 aromatic rings. The van der Waals surface area contributed by atoms with Crippen LogP contribution in [-0.4, -0.2) is 20.2 Å². The van der Waals surface area contributed by atoms with E-state index in [1.807, 2.05) is 6.08 Å². The molecule has 4 rings (SSSR count). The summed E-state index contributed by atoms with van der Waals surface area (Å²) in [4.78, 5) is 12.4. The number of carbonyl (C=O) groups is 1. The molecule has 1 saturated carbocycles. The summed E-state index contributed by atoms with van der Waals surface area (Å²) in [5.41, 5.74) is 1.27. The van der Waals surface area contributed by atoms with Crippen molar-refractivity contribution in [2.75, 3.05) is 0 Å². The van der Waals surface area contributed by atoms with Gasteiger partial charge in [0.1, 0.15) is 0 Å². The second-order valence-electron chi connectivity index (χ2n) is 11.3. The Labute approximate surface area is 195 Å². The first kappa shape index (κ1) is 23.2. The van der Waals surface area contributed by atoms with Crippen LogP contribution in [-0.2, 0) is 9.22 Å². The number of hydrogen-bond acceptors (Lipinski definition) is 2. The van der Waals surface area contributed by atoms with Crippen molar-refractivity contribution in [3.05, 3.63) is 72.3 Å². The van der Waals surface area contributed by atoms with Gasteiger partial charge in [0.2, 0.25) is 0 Å². The lowest BCUT2D eigenvalue weighted by Gasteiger charge is -2.48. The Bertz CT molecular complexity index is 947. The molecule has 2 aromatic carbocycles. The number of carbonyl (C=O) groups excluding carboxylic acids is 1. The van der Waals surface area contributed by atoms with Crippen molar-refractivity contribution in [3.63, 3.8) is 0 Å². The Morgan fingerprint density at radius 3 is 1.97 bits per heavy atom. The molecule has 0 bridgehead atoms. The SMILES string of the molecule is CC(C)[C@H]1C[C@H](O[Si](c2ccccc2)(c2ccccc2)C(C)(C)C)[C@@]2(C)CCC(=O)C=C12. The highest BCUT2D eigenvalue weighted by atomic mass is 28.4. The van der Waals surface area contributed by atoms with Crippen molar-refractivity contribution >= 4 is 24.5 Å². The Morgan fingerprint density at radius 2 is 1.50 bits per heavy atom. The van der Waals surface area contributed by atoms with E-state index in [-0.39, 0.29) is 22.3 Å². The molecule has 0 spiro atoms. The standard InChI is InChI=1S/C29H38O2Si/c1-21(2)25-20-27(29(6)18-17-22(30)19-26(25)29)31-32(28(3,4)5,23-13-9-7-10-14-23)24-15-11-8-12-16-24/h7-16,19,21,25,27H,17-18,20H2,1-6H3/t25-,27+,29+/m1/s1. The second kappa shape index (κ2) is 8.42. The van der Waals surface area contributed by atoms with Crippen molar-refractivity contribution in [3.8, 4) is 0 Å². The maximum Gasteiger partial charge on any atom is 0.261 e. The molecule has 2 aliphatic rings. The van der Waals surface area contributed by atoms with Crippen molar-refractivity contribution in [2.24, 2.45) is 17.3 Å². The number of allylic oxidation sites excluding steroid dienone is 1. The Balaban J connectivity index is 1.89. The van der Waals surface area contributed by atoms with Gasteiger partial charge in [-0.2, -0.15) is 0 Å². The molecule has 32 heavy (non-hydrogen) atoms. The van der Waals surface area contributed by atoms with Crippen LogP contribution < -0.4 is 10.4 Å². The molecule has 0 radical (unpaired) electrons. The van der Waals surface area contributed by atoms with E-state index in [0.717, 1.165) is 12.8 Å². The average Bonchev–Trinajstić information content (AvgIpc) is 3.04. The summed E-state index contributed by atoms with van der Waals surface area (Å²) in [7, 11) is -2.63. The molecular weight excluding hydrogens is 408 g/mol. The molecule has 0 aliphatic heterocycles. The predicted molar refractivity (Wildman–Crippen MR) is 136 cm³/mol. The topological polar surface area (TPSA) is 26.3 Å². The van der Waals surface area contributed by atoms with Gasteiger partial charge in [-0.25, -0.2) is 0 Å². The van der Waals surface area contributed by atoms with Gasteiger partial charge in [0.05, 0.1) is 6.10 Å². The van der Waals surface area contributed by atoms with Gasteiger partial charge in [-0.15, -0.1) is 0 Å². The van der Waals surface area contributed by atoms with Gasteiger partial charge in [0.25, 0.3) is 8.32 Å². The smallest absolute Gasteiger partial charge is 0.261 e. The molecule has 0 N–H and O–H groups in total. The summed E-state index contributed by atoms with van der Waals surface area (Å²) in [5, 5.41) is 2.61. The minimum Gasteiger partial charge on any atom is -0.404 e. The summed E-state index contributed by atoms with van der Waals surface area (Å²) in [6.07, 6.45) is 4.61. The molecule has 3 atom stereocenters. The lowest BCUT2D eigenvalue weighted by molar-refractivity contribution is -0.116. The van der Waals surface area contributed by atoms with Crippen LogP contribution in [0.2, 0.25) is 5.04 Å². The molecule has 1 fully saturated rings. The van der Waals surface area contributed by atoms with E-state index in [9.17, 15) is 4.79 Å². The highest BCUT2D eigenvalue weighted by molar-refractivity contribution is 6.99. The monoisotopic (exact) mass is 446 g/mol. The molecule has 3 heteroatoms. The zero-order valence-electron chi connectivity index (χ0n) is 20.5. The molecule has 0 amide bonds. The van der Waals surface area contributed by atoms with Gasteiger partial charge in [-0.3, -0.25) is 4.79 Å². The van der Waals surface area contributed by atoms with Gasteiger partial charge in [-0.1, -0.05) is 108 Å². The maximum atomic E-state index is 12.4. The number of ketones is 1. The summed E-state index contributed by atoms with van der Waals surface area (Å²) in [6.45, 7) is 14.0. The van der Waals surface area contributed by atoms with E-state index < -0.39 is 8.32 Å². The van der Waals surface area contributed by atoms with E-state index in [1.165, 1.54) is 15.9 Å². The van der Waals surface area contributed by atoms with E-state index in [4.69, 9.17) is 4.43 Å². The molecule has 170 valence electrons. The van der Waals surface area contributed by atoms with Crippen molar-refractivity contribution in [1.82, 2.24) is 0 Å². The molecule has 0 aromatic heterocycles. The predicted octanol–water partition coefficient (Wildman–Crippen LogP) is 5.90. The van der Waals surface area contributed by atoms with Crippen LogP contribution in [0.15, 0.2) is 72.3 Å². The molecule has 0 unspecified atom stereocenters. The summed E-state index contributed by atoms with van der Waals surface area (Å²) < 4.78 is 7.61. The first-order chi connectivity index (χ1) is 15.1. The first-order valence-corrected chi connectivity index (χ1v) is 14.0. The van der Waals surface area contributed by atoms with Crippen LogP contribution in [0.1, 0.15) is 60.8 Å². The van der Waals surface area contributed by atoms with Crippen LogP contribution in [0, 0.1) is 17.3 Å². The fourth-order valence-electron chi connectivity index (χ4n) is 6.15. The first-order valence-electron chi connectivity index (χ1n) is 12.1. The number of benzene rings is 2. The second-order valence-corrected chi connectivity index (χ2v) is 15.6. The highest BCUT2D eigenvalue weighted by Gasteiger charge is 2.57. The van der Waals surface area contributed by atoms with E-state index in [0.29, 0.717) is 18.3 Å². The van der Waals surface area contributed by atoms with Crippen LogP contribution in [0.25, 0.3) is 0 Å². The third kappa shape index (κ3) is 3.74. The molecule has 0 heterocycles. The van der Waals surface area contributed by atoms with E-state index in [1.54, 1.807) is 0 Å². The minimum atomic E-state index is -2.63. The zero-order chi connectivity index (χ0) is 23.1. The Hall–Kier alpha value is -1.97. The van der Waals surface area contributed by atoms with Gasteiger partial charge in [-0.05, 0) is 46.2 Å². The minimum absolute atomic E-state index is 0.0453. The Kier molecular flexibility index (Phi) is 6.11. The molecule has 2 nitrogen and oxygen atoms in total.